The van der Waals surface area contributed by atoms with Crippen molar-refractivity contribution in [3.05, 3.63) is 47.2 Å². The fraction of sp³-hybridized carbons (Fsp3) is 0.450. The zero-order valence-corrected chi connectivity index (χ0v) is 15.5. The number of allylic oxidation sites excluding steroid dienone is 3. The molecule has 1 aromatic carbocycles. The van der Waals surface area contributed by atoms with Crippen molar-refractivity contribution in [2.24, 2.45) is 0 Å². The molecule has 1 aliphatic carbocycles. The van der Waals surface area contributed by atoms with Crippen LogP contribution in [0.4, 0.5) is 5.69 Å². The monoisotopic (exact) mass is 327 g/mol. The van der Waals surface area contributed by atoms with Gasteiger partial charge >= 0.3 is 0 Å². The number of rotatable bonds is 3. The van der Waals surface area contributed by atoms with Crippen molar-refractivity contribution in [2.75, 3.05) is 5.43 Å². The van der Waals surface area contributed by atoms with E-state index < -0.39 is 0 Å². The second-order valence-corrected chi connectivity index (χ2v) is 8.34. The standard InChI is InChI=1S/C20H29N3O/c1-19(2,3)13-11-14(20(4,5)6)18(24)17(12-13)23-22-16-10-8-7-9-15(16)21/h7,9-12,21-24H,8H2,1-6H3. The lowest BCUT2D eigenvalue weighted by Gasteiger charge is -2.28. The van der Waals surface area contributed by atoms with E-state index in [0.717, 1.165) is 23.2 Å². The van der Waals surface area contributed by atoms with Gasteiger partial charge in [0.25, 0.3) is 0 Å². The van der Waals surface area contributed by atoms with Crippen molar-refractivity contribution >= 4 is 11.4 Å². The van der Waals surface area contributed by atoms with Crippen LogP contribution in [0.5, 0.6) is 5.75 Å². The van der Waals surface area contributed by atoms with E-state index in [1.165, 1.54) is 0 Å². The van der Waals surface area contributed by atoms with Crippen LogP contribution in [0.2, 0.25) is 0 Å². The lowest BCUT2D eigenvalue weighted by Crippen LogP contribution is -2.27. The van der Waals surface area contributed by atoms with E-state index in [1.807, 2.05) is 18.2 Å². The highest BCUT2D eigenvalue weighted by atomic mass is 16.3. The fourth-order valence-corrected chi connectivity index (χ4v) is 2.56. The third-order valence-electron chi connectivity index (χ3n) is 4.15. The summed E-state index contributed by atoms with van der Waals surface area (Å²) in [6.07, 6.45) is 6.47. The van der Waals surface area contributed by atoms with E-state index in [0.29, 0.717) is 11.4 Å². The first-order valence-corrected chi connectivity index (χ1v) is 8.36. The number of hydrogen-bond acceptors (Lipinski definition) is 4. The summed E-state index contributed by atoms with van der Waals surface area (Å²) in [4.78, 5) is 0. The maximum Gasteiger partial charge on any atom is 0.144 e. The largest absolute Gasteiger partial charge is 0.505 e. The molecule has 0 bridgehead atoms. The van der Waals surface area contributed by atoms with Crippen LogP contribution in [0.25, 0.3) is 0 Å². The number of hydrazine groups is 1. The molecule has 1 aliphatic rings. The van der Waals surface area contributed by atoms with Crippen LogP contribution in [-0.4, -0.2) is 10.8 Å². The van der Waals surface area contributed by atoms with Crippen LogP contribution in [0.15, 0.2) is 36.1 Å². The molecule has 4 N–H and O–H groups in total. The molecule has 1 aromatic rings. The first kappa shape index (κ1) is 18.1. The minimum Gasteiger partial charge on any atom is -0.505 e. The lowest BCUT2D eigenvalue weighted by molar-refractivity contribution is 0.446. The summed E-state index contributed by atoms with van der Waals surface area (Å²) >= 11 is 0. The Morgan fingerprint density at radius 1 is 1.00 bits per heavy atom. The third-order valence-corrected chi connectivity index (χ3v) is 4.15. The maximum atomic E-state index is 10.7. The van der Waals surface area contributed by atoms with Crippen LogP contribution < -0.4 is 10.9 Å². The zero-order valence-electron chi connectivity index (χ0n) is 15.5. The number of nitrogens with one attached hydrogen (secondary N) is 3. The first-order valence-electron chi connectivity index (χ1n) is 8.36. The topological polar surface area (TPSA) is 68.1 Å². The van der Waals surface area contributed by atoms with Crippen LogP contribution in [0, 0.1) is 5.41 Å². The van der Waals surface area contributed by atoms with Gasteiger partial charge in [0.05, 0.1) is 17.1 Å². The Morgan fingerprint density at radius 3 is 2.21 bits per heavy atom. The van der Waals surface area contributed by atoms with Gasteiger partial charge in [-0.25, -0.2) is 0 Å². The number of aromatic hydroxyl groups is 1. The molecule has 0 aromatic heterocycles. The Balaban J connectivity index is 2.38. The predicted octanol–water partition coefficient (Wildman–Crippen LogP) is 4.77. The van der Waals surface area contributed by atoms with Gasteiger partial charge in [-0.1, -0.05) is 59.8 Å². The summed E-state index contributed by atoms with van der Waals surface area (Å²) in [5.74, 6) is 0.251. The van der Waals surface area contributed by atoms with E-state index in [1.54, 1.807) is 6.08 Å². The van der Waals surface area contributed by atoms with E-state index in [2.05, 4.69) is 58.5 Å². The van der Waals surface area contributed by atoms with Gasteiger partial charge < -0.3 is 5.11 Å². The summed E-state index contributed by atoms with van der Waals surface area (Å²) in [5, 5.41) is 18.6. The highest BCUT2D eigenvalue weighted by molar-refractivity contribution is 6.06. The number of benzene rings is 1. The van der Waals surface area contributed by atoms with Gasteiger partial charge in [0.15, 0.2) is 0 Å². The zero-order chi connectivity index (χ0) is 18.1. The van der Waals surface area contributed by atoms with Gasteiger partial charge in [-0.15, -0.1) is 0 Å². The Morgan fingerprint density at radius 2 is 1.67 bits per heavy atom. The average molecular weight is 327 g/mol. The van der Waals surface area contributed by atoms with Crippen molar-refractivity contribution in [1.29, 1.82) is 5.41 Å². The molecule has 0 spiro atoms. The van der Waals surface area contributed by atoms with Crippen molar-refractivity contribution in [3.63, 3.8) is 0 Å². The van der Waals surface area contributed by atoms with Crippen LogP contribution in [0.3, 0.4) is 0 Å². The van der Waals surface area contributed by atoms with Crippen molar-refractivity contribution < 1.29 is 5.11 Å². The molecule has 0 saturated heterocycles. The second-order valence-electron chi connectivity index (χ2n) is 8.34. The molecular weight excluding hydrogens is 298 g/mol. The molecule has 0 saturated carbocycles. The maximum absolute atomic E-state index is 10.7. The number of phenols is 1. The Bertz CT molecular complexity index is 701. The molecule has 24 heavy (non-hydrogen) atoms. The number of phenolic OH excluding ortho intramolecular Hbond substituents is 1. The van der Waals surface area contributed by atoms with Gasteiger partial charge in [0, 0.05) is 5.56 Å². The molecule has 0 atom stereocenters. The molecule has 2 rings (SSSR count). The van der Waals surface area contributed by atoms with Gasteiger partial charge in [0.1, 0.15) is 5.75 Å². The minimum absolute atomic E-state index is 0.0241. The van der Waals surface area contributed by atoms with Crippen LogP contribution in [-0.2, 0) is 10.8 Å². The highest BCUT2D eigenvalue weighted by Crippen LogP contribution is 2.40. The molecule has 4 heteroatoms. The van der Waals surface area contributed by atoms with E-state index >= 15 is 0 Å². The summed E-state index contributed by atoms with van der Waals surface area (Å²) in [6, 6.07) is 4.06. The lowest BCUT2D eigenvalue weighted by atomic mass is 9.80. The Kier molecular flexibility index (Phi) is 4.79. The van der Waals surface area contributed by atoms with E-state index in [4.69, 9.17) is 5.41 Å². The van der Waals surface area contributed by atoms with Crippen molar-refractivity contribution in [2.45, 2.75) is 58.8 Å². The summed E-state index contributed by atoms with van der Waals surface area (Å²) < 4.78 is 0. The molecule has 0 fully saturated rings. The molecule has 0 unspecified atom stereocenters. The smallest absolute Gasteiger partial charge is 0.144 e. The Labute approximate surface area is 145 Å². The number of hydrogen-bond donors (Lipinski definition) is 4. The van der Waals surface area contributed by atoms with E-state index in [-0.39, 0.29) is 16.6 Å². The molecule has 130 valence electrons. The van der Waals surface area contributed by atoms with E-state index in [9.17, 15) is 5.11 Å². The number of anilines is 1. The summed E-state index contributed by atoms with van der Waals surface area (Å²) in [6.45, 7) is 12.8. The molecular formula is C20H29N3O. The summed E-state index contributed by atoms with van der Waals surface area (Å²) in [5.41, 5.74) is 9.81. The van der Waals surface area contributed by atoms with Gasteiger partial charge in [-0.05, 0) is 35.0 Å². The van der Waals surface area contributed by atoms with Crippen LogP contribution >= 0.6 is 0 Å². The molecule has 0 heterocycles. The predicted molar refractivity (Wildman–Crippen MR) is 102 cm³/mol. The van der Waals surface area contributed by atoms with Gasteiger partial charge in [0.2, 0.25) is 0 Å². The SMILES string of the molecule is CC(C)(C)c1cc(NNC2=CCC=CC2=N)c(O)c(C(C)(C)C)c1. The van der Waals surface area contributed by atoms with Crippen molar-refractivity contribution in [1.82, 2.24) is 5.43 Å². The molecule has 0 radical (unpaired) electrons. The third kappa shape index (κ3) is 3.99. The molecule has 0 amide bonds. The van der Waals surface area contributed by atoms with Gasteiger partial charge in [-0.2, -0.15) is 0 Å². The normalized spacial score (nSPS) is 15.2. The summed E-state index contributed by atoms with van der Waals surface area (Å²) in [7, 11) is 0. The minimum atomic E-state index is -0.165. The fourth-order valence-electron chi connectivity index (χ4n) is 2.56. The van der Waals surface area contributed by atoms with Crippen LogP contribution in [0.1, 0.15) is 59.1 Å². The Hall–Kier alpha value is -2.23. The van der Waals surface area contributed by atoms with Gasteiger partial charge in [-0.3, -0.25) is 16.3 Å². The second kappa shape index (κ2) is 6.34. The molecule has 4 nitrogen and oxygen atoms in total. The van der Waals surface area contributed by atoms with Crippen molar-refractivity contribution in [3.8, 4) is 5.75 Å². The first-order chi connectivity index (χ1) is 11.0. The molecule has 0 aliphatic heterocycles. The highest BCUT2D eigenvalue weighted by Gasteiger charge is 2.25. The quantitative estimate of drug-likeness (QED) is 0.477. The average Bonchev–Trinajstić information content (AvgIpc) is 2.45.